The number of nitrogens with one attached hydrogen (secondary N) is 1. The molecule has 0 bridgehead atoms. The molecule has 0 unspecified atom stereocenters. The minimum Gasteiger partial charge on any atom is -0.300 e. The van der Waals surface area contributed by atoms with Gasteiger partial charge in [0.15, 0.2) is 0 Å². The zero-order valence-electron chi connectivity index (χ0n) is 9.67. The van der Waals surface area contributed by atoms with Crippen molar-refractivity contribution in [1.29, 1.82) is 5.26 Å². The van der Waals surface area contributed by atoms with Crippen LogP contribution in [0, 0.1) is 11.3 Å². The molecule has 1 aromatic carbocycles. The smallest absolute Gasteiger partial charge is 0.0843 e. The number of hydrogen-bond donors (Lipinski definition) is 1. The molecule has 0 amide bonds. The molecule has 0 fully saturated rings. The Kier molecular flexibility index (Phi) is 4.07. The Hall–Kier alpha value is -1.11. The van der Waals surface area contributed by atoms with Gasteiger partial charge in [0.05, 0.1) is 20.7 Å². The summed E-state index contributed by atoms with van der Waals surface area (Å²) in [6.07, 6.45) is 0. The summed E-state index contributed by atoms with van der Waals surface area (Å²) in [6.45, 7) is 8.25. The first kappa shape index (κ1) is 12.0. The highest BCUT2D eigenvalue weighted by atomic mass is 28.3. The van der Waals surface area contributed by atoms with Gasteiger partial charge in [-0.1, -0.05) is 49.1 Å². The second-order valence-corrected chi connectivity index (χ2v) is 9.71. The van der Waals surface area contributed by atoms with Gasteiger partial charge in [-0.3, -0.25) is 0 Å². The normalized spacial score (nSPS) is 11.1. The van der Waals surface area contributed by atoms with E-state index in [1.165, 1.54) is 10.8 Å². The van der Waals surface area contributed by atoms with E-state index in [-0.39, 0.29) is 0 Å². The fraction of sp³-hybridized carbons (Fsp3) is 0.417. The highest BCUT2D eigenvalue weighted by molar-refractivity contribution is 6.89. The summed E-state index contributed by atoms with van der Waals surface area (Å²) in [4.78, 5) is 0. The van der Waals surface area contributed by atoms with E-state index < -0.39 is 8.07 Å². The van der Waals surface area contributed by atoms with Gasteiger partial charge in [-0.2, -0.15) is 5.26 Å². The van der Waals surface area contributed by atoms with Crippen molar-refractivity contribution >= 4 is 13.3 Å². The lowest BCUT2D eigenvalue weighted by Gasteiger charge is -2.20. The fourth-order valence-electron chi connectivity index (χ4n) is 1.66. The molecule has 0 aliphatic heterocycles. The topological polar surface area (TPSA) is 35.8 Å². The van der Waals surface area contributed by atoms with E-state index in [0.717, 1.165) is 6.54 Å². The predicted octanol–water partition coefficient (Wildman–Crippen LogP) is 1.84. The molecular formula is C12H18N2Si. The van der Waals surface area contributed by atoms with Gasteiger partial charge in [0.25, 0.3) is 0 Å². The van der Waals surface area contributed by atoms with Crippen LogP contribution in [0.25, 0.3) is 0 Å². The van der Waals surface area contributed by atoms with Crippen molar-refractivity contribution in [2.75, 3.05) is 6.54 Å². The Balaban J connectivity index is 2.83. The van der Waals surface area contributed by atoms with Gasteiger partial charge in [0.2, 0.25) is 0 Å². The van der Waals surface area contributed by atoms with E-state index in [2.05, 4.69) is 55.3 Å². The predicted molar refractivity (Wildman–Crippen MR) is 66.7 cm³/mol. The highest BCUT2D eigenvalue weighted by Gasteiger charge is 2.18. The van der Waals surface area contributed by atoms with Crippen LogP contribution in [0.3, 0.4) is 0 Å². The quantitative estimate of drug-likeness (QED) is 0.475. The van der Waals surface area contributed by atoms with Crippen LogP contribution in [-0.2, 0) is 6.54 Å². The molecule has 1 rings (SSSR count). The Labute approximate surface area is 92.9 Å². The molecule has 80 valence electrons. The van der Waals surface area contributed by atoms with Gasteiger partial charge in [0, 0.05) is 6.54 Å². The van der Waals surface area contributed by atoms with Crippen molar-refractivity contribution in [3.05, 3.63) is 29.8 Å². The molecule has 1 aromatic rings. The Bertz CT molecular complexity index is 361. The molecule has 0 spiro atoms. The fourth-order valence-corrected chi connectivity index (χ4v) is 3.39. The second-order valence-electron chi connectivity index (χ2n) is 4.67. The van der Waals surface area contributed by atoms with Crippen molar-refractivity contribution in [2.45, 2.75) is 26.2 Å². The lowest BCUT2D eigenvalue weighted by Crippen LogP contribution is -2.41. The van der Waals surface area contributed by atoms with Crippen molar-refractivity contribution in [3.63, 3.8) is 0 Å². The Morgan fingerprint density at radius 2 is 1.93 bits per heavy atom. The second kappa shape index (κ2) is 5.10. The average molecular weight is 218 g/mol. The molecule has 0 saturated carbocycles. The largest absolute Gasteiger partial charge is 0.300 e. The van der Waals surface area contributed by atoms with Crippen LogP contribution in [0.15, 0.2) is 24.3 Å². The zero-order chi connectivity index (χ0) is 11.3. The van der Waals surface area contributed by atoms with E-state index in [1.807, 2.05) is 0 Å². The molecule has 0 radical (unpaired) electrons. The van der Waals surface area contributed by atoms with E-state index in [0.29, 0.717) is 6.54 Å². The van der Waals surface area contributed by atoms with Crippen molar-refractivity contribution in [2.24, 2.45) is 0 Å². The maximum atomic E-state index is 8.47. The van der Waals surface area contributed by atoms with Crippen molar-refractivity contribution in [3.8, 4) is 6.07 Å². The van der Waals surface area contributed by atoms with Gasteiger partial charge in [-0.05, 0) is 5.56 Å². The maximum absolute atomic E-state index is 8.47. The third-order valence-corrected chi connectivity index (χ3v) is 4.45. The third-order valence-electron chi connectivity index (χ3n) is 2.34. The van der Waals surface area contributed by atoms with Gasteiger partial charge in [-0.25, -0.2) is 0 Å². The minimum absolute atomic E-state index is 0.417. The number of rotatable bonds is 4. The van der Waals surface area contributed by atoms with Gasteiger partial charge in [0.1, 0.15) is 0 Å². The van der Waals surface area contributed by atoms with Crippen LogP contribution < -0.4 is 10.5 Å². The standard InChI is InChI=1S/C12H18N2Si/c1-15(2,3)12-7-5-4-6-11(12)10-14-9-8-13/h4-7,14H,9-10H2,1-3H3. The summed E-state index contributed by atoms with van der Waals surface area (Å²) < 4.78 is 0. The molecule has 0 aliphatic carbocycles. The van der Waals surface area contributed by atoms with E-state index in [4.69, 9.17) is 5.26 Å². The summed E-state index contributed by atoms with van der Waals surface area (Å²) >= 11 is 0. The van der Waals surface area contributed by atoms with Crippen molar-refractivity contribution in [1.82, 2.24) is 5.32 Å². The zero-order valence-corrected chi connectivity index (χ0v) is 10.7. The van der Waals surface area contributed by atoms with Crippen LogP contribution in [0.4, 0.5) is 0 Å². The molecule has 0 heterocycles. The van der Waals surface area contributed by atoms with Crippen molar-refractivity contribution < 1.29 is 0 Å². The van der Waals surface area contributed by atoms with Crippen LogP contribution in [-0.4, -0.2) is 14.6 Å². The number of hydrogen-bond acceptors (Lipinski definition) is 2. The van der Waals surface area contributed by atoms with E-state index in [1.54, 1.807) is 0 Å². The molecular weight excluding hydrogens is 200 g/mol. The van der Waals surface area contributed by atoms with E-state index in [9.17, 15) is 0 Å². The summed E-state index contributed by atoms with van der Waals surface area (Å²) in [5, 5.41) is 13.1. The molecule has 3 heteroatoms. The van der Waals surface area contributed by atoms with Crippen LogP contribution >= 0.6 is 0 Å². The summed E-state index contributed by atoms with van der Waals surface area (Å²) in [5.74, 6) is 0. The summed E-state index contributed by atoms with van der Waals surface area (Å²) in [6, 6.07) is 10.6. The first-order chi connectivity index (χ1) is 7.05. The van der Waals surface area contributed by atoms with Gasteiger partial charge < -0.3 is 5.32 Å². The lowest BCUT2D eigenvalue weighted by atomic mass is 10.2. The molecule has 0 aromatic heterocycles. The summed E-state index contributed by atoms with van der Waals surface area (Å²) in [7, 11) is -1.26. The molecule has 0 saturated heterocycles. The van der Waals surface area contributed by atoms with Crippen LogP contribution in [0.5, 0.6) is 0 Å². The third kappa shape index (κ3) is 3.50. The highest BCUT2D eigenvalue weighted by Crippen LogP contribution is 2.06. The number of nitrogens with zero attached hydrogens (tertiary/aromatic N) is 1. The molecule has 15 heavy (non-hydrogen) atoms. The van der Waals surface area contributed by atoms with Crippen LogP contribution in [0.1, 0.15) is 5.56 Å². The Morgan fingerprint density at radius 1 is 1.27 bits per heavy atom. The molecule has 1 N–H and O–H groups in total. The first-order valence-electron chi connectivity index (χ1n) is 5.22. The van der Waals surface area contributed by atoms with Crippen LogP contribution in [0.2, 0.25) is 19.6 Å². The lowest BCUT2D eigenvalue weighted by molar-refractivity contribution is 0.768. The Morgan fingerprint density at radius 3 is 2.53 bits per heavy atom. The summed E-state index contributed by atoms with van der Waals surface area (Å²) in [5.41, 5.74) is 1.34. The maximum Gasteiger partial charge on any atom is 0.0843 e. The molecule has 0 aliphatic rings. The number of nitriles is 1. The molecule has 2 nitrogen and oxygen atoms in total. The SMILES string of the molecule is C[Si](C)(C)c1ccccc1CNCC#N. The first-order valence-corrected chi connectivity index (χ1v) is 8.72. The number of benzene rings is 1. The monoisotopic (exact) mass is 218 g/mol. The van der Waals surface area contributed by atoms with Gasteiger partial charge >= 0.3 is 0 Å². The molecule has 0 atom stereocenters. The van der Waals surface area contributed by atoms with E-state index >= 15 is 0 Å². The minimum atomic E-state index is -1.26. The average Bonchev–Trinajstić information content (AvgIpc) is 2.17. The van der Waals surface area contributed by atoms with Gasteiger partial charge in [-0.15, -0.1) is 0 Å².